The number of hydrogen-bond donors (Lipinski definition) is 4. The molecule has 0 fully saturated rings. The molecule has 4 N–H and O–H groups in total. The number of aliphatic carboxylic acids is 1. The Balaban J connectivity index is 2.12. The zero-order chi connectivity index (χ0) is 18.0. The Kier molecular flexibility index (Phi) is 4.13. The summed E-state index contributed by atoms with van der Waals surface area (Å²) in [6, 6.07) is 10.6. The molecule has 0 aliphatic carbocycles. The van der Waals surface area contributed by atoms with Gasteiger partial charge < -0.3 is 20.4 Å². The number of aromatic hydroxyl groups is 3. The van der Waals surface area contributed by atoms with E-state index in [4.69, 9.17) is 5.11 Å². The molecule has 0 atom stereocenters. The van der Waals surface area contributed by atoms with Gasteiger partial charge in [-0.05, 0) is 48.5 Å². The minimum absolute atomic E-state index is 0.116. The molecule has 0 unspecified atom stereocenters. The number of carboxylic acid groups (broad SMARTS) is 1. The molecule has 0 amide bonds. The molecular weight excluding hydrogens is 324 g/mol. The van der Waals surface area contributed by atoms with Gasteiger partial charge in [0.25, 0.3) is 0 Å². The van der Waals surface area contributed by atoms with Crippen LogP contribution in [0.25, 0.3) is 23.0 Å². The van der Waals surface area contributed by atoms with Gasteiger partial charge in [-0.15, -0.1) is 0 Å². The molecule has 7 nitrogen and oxygen atoms in total. The van der Waals surface area contributed by atoms with Gasteiger partial charge in [0.05, 0.1) is 5.69 Å². The van der Waals surface area contributed by atoms with Gasteiger partial charge in [-0.1, -0.05) is 0 Å². The highest BCUT2D eigenvalue weighted by Crippen LogP contribution is 2.32. The Labute approximate surface area is 142 Å². The first-order chi connectivity index (χ1) is 11.9. The van der Waals surface area contributed by atoms with Crippen LogP contribution in [0.5, 0.6) is 17.2 Å². The van der Waals surface area contributed by atoms with Crippen molar-refractivity contribution in [1.82, 2.24) is 9.78 Å². The van der Waals surface area contributed by atoms with E-state index < -0.39 is 5.97 Å². The maximum atomic E-state index is 10.8. The molecule has 0 bridgehead atoms. The van der Waals surface area contributed by atoms with E-state index in [1.165, 1.54) is 35.0 Å². The van der Waals surface area contributed by atoms with E-state index in [9.17, 15) is 20.1 Å². The summed E-state index contributed by atoms with van der Waals surface area (Å²) in [5.74, 6) is -1.54. The summed E-state index contributed by atoms with van der Waals surface area (Å²) in [5, 5.41) is 41.8. The summed E-state index contributed by atoms with van der Waals surface area (Å²) in [7, 11) is 0. The van der Waals surface area contributed by atoms with Crippen LogP contribution in [0.1, 0.15) is 5.56 Å². The second-order valence-electron chi connectivity index (χ2n) is 5.27. The molecular formula is C18H14N2O5. The Morgan fingerprint density at radius 3 is 2.36 bits per heavy atom. The van der Waals surface area contributed by atoms with Gasteiger partial charge in [-0.2, -0.15) is 5.10 Å². The van der Waals surface area contributed by atoms with Crippen LogP contribution < -0.4 is 0 Å². The van der Waals surface area contributed by atoms with Crippen LogP contribution in [0, 0.1) is 0 Å². The number of rotatable bonds is 4. The van der Waals surface area contributed by atoms with E-state index in [1.54, 1.807) is 24.4 Å². The minimum atomic E-state index is -1.10. The van der Waals surface area contributed by atoms with Crippen molar-refractivity contribution in [1.29, 1.82) is 0 Å². The lowest BCUT2D eigenvalue weighted by molar-refractivity contribution is -0.131. The van der Waals surface area contributed by atoms with Crippen LogP contribution in [0.2, 0.25) is 0 Å². The van der Waals surface area contributed by atoms with E-state index in [2.05, 4.69) is 5.10 Å². The molecule has 25 heavy (non-hydrogen) atoms. The minimum Gasteiger partial charge on any atom is -0.508 e. The number of carbonyl (C=O) groups is 1. The van der Waals surface area contributed by atoms with Crippen LogP contribution >= 0.6 is 0 Å². The number of phenols is 3. The van der Waals surface area contributed by atoms with E-state index in [0.29, 0.717) is 22.5 Å². The van der Waals surface area contributed by atoms with Gasteiger partial charge in [0, 0.05) is 23.4 Å². The number of phenolic OH excluding ortho intramolecular Hbond substituents is 3. The third kappa shape index (κ3) is 3.45. The van der Waals surface area contributed by atoms with Crippen molar-refractivity contribution in [3.8, 4) is 34.2 Å². The molecule has 0 spiro atoms. The van der Waals surface area contributed by atoms with Gasteiger partial charge in [-0.25, -0.2) is 9.48 Å². The van der Waals surface area contributed by atoms with Gasteiger partial charge in [0.2, 0.25) is 0 Å². The molecule has 0 aliphatic heterocycles. The molecule has 0 saturated heterocycles. The quantitative estimate of drug-likeness (QED) is 0.429. The first kappa shape index (κ1) is 16.1. The lowest BCUT2D eigenvalue weighted by Gasteiger charge is -2.03. The molecule has 126 valence electrons. The van der Waals surface area contributed by atoms with E-state index in [-0.39, 0.29) is 17.2 Å². The third-order valence-electron chi connectivity index (χ3n) is 3.51. The highest BCUT2D eigenvalue weighted by molar-refractivity contribution is 5.87. The Morgan fingerprint density at radius 1 is 1.00 bits per heavy atom. The second-order valence-corrected chi connectivity index (χ2v) is 5.27. The molecule has 0 aliphatic rings. The number of hydrogen-bond acceptors (Lipinski definition) is 5. The van der Waals surface area contributed by atoms with E-state index >= 15 is 0 Å². The SMILES string of the molecule is O=C(O)/C=C/c1cn(-c2ccc(O)cc2)nc1-c1ccc(O)c(O)c1. The summed E-state index contributed by atoms with van der Waals surface area (Å²) in [6.45, 7) is 0. The van der Waals surface area contributed by atoms with Gasteiger partial charge in [0.15, 0.2) is 11.5 Å². The van der Waals surface area contributed by atoms with Crippen LogP contribution in [0.15, 0.2) is 54.7 Å². The lowest BCUT2D eigenvalue weighted by atomic mass is 10.1. The summed E-state index contributed by atoms with van der Waals surface area (Å²) in [5.41, 5.74) is 2.12. The van der Waals surface area contributed by atoms with E-state index in [1.807, 2.05) is 0 Å². The summed E-state index contributed by atoms with van der Waals surface area (Å²) in [4.78, 5) is 10.8. The molecule has 7 heteroatoms. The molecule has 0 saturated carbocycles. The Morgan fingerprint density at radius 2 is 1.72 bits per heavy atom. The molecule has 0 radical (unpaired) electrons. The summed E-state index contributed by atoms with van der Waals surface area (Å²) < 4.78 is 1.53. The Hall–Kier alpha value is -3.74. The number of aromatic nitrogens is 2. The van der Waals surface area contributed by atoms with Crippen molar-refractivity contribution in [2.24, 2.45) is 0 Å². The first-order valence-electron chi connectivity index (χ1n) is 7.26. The fourth-order valence-electron chi connectivity index (χ4n) is 2.30. The fourth-order valence-corrected chi connectivity index (χ4v) is 2.30. The normalized spacial score (nSPS) is 11.0. The standard InChI is InChI=1S/C18H14N2O5/c21-14-5-3-13(4-6-14)20-10-12(2-8-17(24)25)18(19-20)11-1-7-15(22)16(23)9-11/h1-10,21-23H,(H,24,25)/b8-2+. The average molecular weight is 338 g/mol. The van der Waals surface area contributed by atoms with Crippen LogP contribution in [-0.4, -0.2) is 36.2 Å². The van der Waals surface area contributed by atoms with Gasteiger partial charge in [0.1, 0.15) is 11.4 Å². The first-order valence-corrected chi connectivity index (χ1v) is 7.26. The van der Waals surface area contributed by atoms with Crippen molar-refractivity contribution in [3.05, 3.63) is 60.3 Å². The molecule has 3 rings (SSSR count). The van der Waals surface area contributed by atoms with Gasteiger partial charge in [-0.3, -0.25) is 0 Å². The largest absolute Gasteiger partial charge is 0.508 e. The fraction of sp³-hybridized carbons (Fsp3) is 0. The van der Waals surface area contributed by atoms with Crippen LogP contribution in [0.4, 0.5) is 0 Å². The second kappa shape index (κ2) is 6.40. The predicted molar refractivity (Wildman–Crippen MR) is 90.7 cm³/mol. The number of nitrogens with zero attached hydrogens (tertiary/aromatic N) is 2. The maximum Gasteiger partial charge on any atom is 0.328 e. The monoisotopic (exact) mass is 338 g/mol. The van der Waals surface area contributed by atoms with Crippen molar-refractivity contribution < 1.29 is 25.2 Å². The number of benzene rings is 2. The van der Waals surface area contributed by atoms with Crippen molar-refractivity contribution in [2.45, 2.75) is 0 Å². The number of carboxylic acids is 1. The average Bonchev–Trinajstić information content (AvgIpc) is 3.00. The van der Waals surface area contributed by atoms with Crippen molar-refractivity contribution in [3.63, 3.8) is 0 Å². The van der Waals surface area contributed by atoms with Crippen molar-refractivity contribution >= 4 is 12.0 Å². The Bertz CT molecular complexity index is 958. The summed E-state index contributed by atoms with van der Waals surface area (Å²) >= 11 is 0. The molecule has 1 heterocycles. The molecule has 2 aromatic carbocycles. The summed E-state index contributed by atoms with van der Waals surface area (Å²) in [6.07, 6.45) is 4.01. The molecule has 1 aromatic heterocycles. The molecule has 3 aromatic rings. The van der Waals surface area contributed by atoms with Crippen molar-refractivity contribution in [2.75, 3.05) is 0 Å². The topological polar surface area (TPSA) is 116 Å². The highest BCUT2D eigenvalue weighted by Gasteiger charge is 2.13. The lowest BCUT2D eigenvalue weighted by Crippen LogP contribution is -1.94. The zero-order valence-corrected chi connectivity index (χ0v) is 12.9. The smallest absolute Gasteiger partial charge is 0.328 e. The van der Waals surface area contributed by atoms with Gasteiger partial charge >= 0.3 is 5.97 Å². The maximum absolute atomic E-state index is 10.8. The zero-order valence-electron chi connectivity index (χ0n) is 12.9. The third-order valence-corrected chi connectivity index (χ3v) is 3.51. The highest BCUT2D eigenvalue weighted by atomic mass is 16.4. The van der Waals surface area contributed by atoms with Crippen LogP contribution in [0.3, 0.4) is 0 Å². The van der Waals surface area contributed by atoms with Crippen LogP contribution in [-0.2, 0) is 4.79 Å². The van der Waals surface area contributed by atoms with E-state index in [0.717, 1.165) is 6.08 Å². The predicted octanol–water partition coefficient (Wildman–Crippen LogP) is 2.75.